The molecular formula is C20H17ClFN3O3. The van der Waals surface area contributed by atoms with E-state index in [1.807, 2.05) is 31.2 Å². The highest BCUT2D eigenvalue weighted by molar-refractivity contribution is 6.31. The van der Waals surface area contributed by atoms with E-state index in [1.165, 1.54) is 18.2 Å². The van der Waals surface area contributed by atoms with Gasteiger partial charge in [-0.05, 0) is 49.4 Å². The van der Waals surface area contributed by atoms with Crippen molar-refractivity contribution in [2.75, 3.05) is 18.1 Å². The molecule has 0 saturated carbocycles. The average molecular weight is 402 g/mol. The zero-order valence-corrected chi connectivity index (χ0v) is 15.8. The first-order valence-corrected chi connectivity index (χ1v) is 9.25. The highest BCUT2D eigenvalue weighted by atomic mass is 35.5. The summed E-state index contributed by atoms with van der Waals surface area (Å²) in [5.41, 5.74) is 1.32. The number of amides is 1. The highest BCUT2D eigenvalue weighted by Crippen LogP contribution is 2.33. The molecule has 0 spiro atoms. The number of halogens is 2. The van der Waals surface area contributed by atoms with Gasteiger partial charge in [0.15, 0.2) is 5.82 Å². The first-order valence-electron chi connectivity index (χ1n) is 8.87. The quantitative estimate of drug-likeness (QED) is 0.631. The van der Waals surface area contributed by atoms with E-state index in [0.717, 1.165) is 11.3 Å². The molecule has 0 unspecified atom stereocenters. The lowest BCUT2D eigenvalue weighted by atomic mass is 10.1. The van der Waals surface area contributed by atoms with Gasteiger partial charge in [-0.2, -0.15) is 4.98 Å². The number of rotatable bonds is 5. The molecule has 0 bridgehead atoms. The summed E-state index contributed by atoms with van der Waals surface area (Å²) >= 11 is 5.83. The molecule has 28 heavy (non-hydrogen) atoms. The van der Waals surface area contributed by atoms with Gasteiger partial charge < -0.3 is 14.2 Å². The maximum absolute atomic E-state index is 13.4. The van der Waals surface area contributed by atoms with Crippen molar-refractivity contribution in [3.05, 3.63) is 59.1 Å². The second-order valence-corrected chi connectivity index (χ2v) is 6.83. The third-order valence-corrected chi connectivity index (χ3v) is 4.85. The second-order valence-electron chi connectivity index (χ2n) is 6.42. The maximum Gasteiger partial charge on any atom is 0.257 e. The predicted molar refractivity (Wildman–Crippen MR) is 102 cm³/mol. The van der Waals surface area contributed by atoms with Gasteiger partial charge in [-0.1, -0.05) is 16.8 Å². The molecule has 6 nitrogen and oxygen atoms in total. The van der Waals surface area contributed by atoms with Crippen LogP contribution in [0.2, 0.25) is 5.02 Å². The zero-order chi connectivity index (χ0) is 19.7. The molecule has 0 radical (unpaired) electrons. The number of carbonyl (C=O) groups is 1. The Morgan fingerprint density at radius 3 is 2.79 bits per heavy atom. The van der Waals surface area contributed by atoms with E-state index in [0.29, 0.717) is 30.6 Å². The fraction of sp³-hybridized carbons (Fsp3) is 0.250. The van der Waals surface area contributed by atoms with Crippen molar-refractivity contribution in [2.24, 2.45) is 0 Å². The molecule has 1 atom stereocenters. The lowest BCUT2D eigenvalue weighted by Gasteiger charge is -2.16. The Bertz CT molecular complexity index is 1010. The van der Waals surface area contributed by atoms with Crippen LogP contribution >= 0.6 is 11.6 Å². The van der Waals surface area contributed by atoms with Crippen molar-refractivity contribution in [2.45, 2.75) is 19.3 Å². The molecule has 2 aromatic carbocycles. The van der Waals surface area contributed by atoms with Gasteiger partial charge in [0.1, 0.15) is 11.6 Å². The summed E-state index contributed by atoms with van der Waals surface area (Å²) in [4.78, 5) is 18.4. The molecule has 2 heterocycles. The van der Waals surface area contributed by atoms with Crippen LogP contribution in [-0.4, -0.2) is 29.2 Å². The number of carbonyl (C=O) groups excluding carboxylic acids is 1. The molecular weight excluding hydrogens is 385 g/mol. The normalized spacial score (nSPS) is 16.6. The number of nitrogens with zero attached hydrogens (tertiary/aromatic N) is 3. The first-order chi connectivity index (χ1) is 13.5. The molecule has 1 fully saturated rings. The number of hydrogen-bond acceptors (Lipinski definition) is 5. The van der Waals surface area contributed by atoms with Crippen LogP contribution in [0.1, 0.15) is 25.1 Å². The lowest BCUT2D eigenvalue weighted by Crippen LogP contribution is -2.24. The first kappa shape index (κ1) is 18.4. The van der Waals surface area contributed by atoms with Crippen LogP contribution in [0, 0.1) is 5.82 Å². The van der Waals surface area contributed by atoms with Gasteiger partial charge in [0.2, 0.25) is 5.91 Å². The molecule has 1 aromatic heterocycles. The monoisotopic (exact) mass is 401 g/mol. The van der Waals surface area contributed by atoms with E-state index in [1.54, 1.807) is 4.90 Å². The number of anilines is 1. The van der Waals surface area contributed by atoms with Gasteiger partial charge in [0.05, 0.1) is 11.6 Å². The molecule has 0 aliphatic carbocycles. The van der Waals surface area contributed by atoms with Crippen molar-refractivity contribution in [1.29, 1.82) is 0 Å². The minimum Gasteiger partial charge on any atom is -0.494 e. The molecule has 4 rings (SSSR count). The highest BCUT2D eigenvalue weighted by Gasteiger charge is 2.34. The Kier molecular flexibility index (Phi) is 5.00. The number of benzene rings is 2. The third-order valence-electron chi connectivity index (χ3n) is 4.56. The van der Waals surface area contributed by atoms with Crippen LogP contribution in [0.5, 0.6) is 5.75 Å². The maximum atomic E-state index is 13.4. The fourth-order valence-corrected chi connectivity index (χ4v) is 3.34. The van der Waals surface area contributed by atoms with Crippen molar-refractivity contribution in [3.63, 3.8) is 0 Å². The smallest absolute Gasteiger partial charge is 0.257 e. The summed E-state index contributed by atoms with van der Waals surface area (Å²) < 4.78 is 24.2. The third kappa shape index (κ3) is 3.57. The van der Waals surface area contributed by atoms with E-state index >= 15 is 0 Å². The Morgan fingerprint density at radius 2 is 2.07 bits per heavy atom. The van der Waals surface area contributed by atoms with Crippen LogP contribution in [0.4, 0.5) is 10.1 Å². The van der Waals surface area contributed by atoms with Gasteiger partial charge in [-0.3, -0.25) is 4.79 Å². The van der Waals surface area contributed by atoms with E-state index in [2.05, 4.69) is 10.1 Å². The number of ether oxygens (including phenoxy) is 1. The molecule has 8 heteroatoms. The molecule has 1 aliphatic rings. The second kappa shape index (κ2) is 7.59. The molecule has 144 valence electrons. The van der Waals surface area contributed by atoms with E-state index in [9.17, 15) is 9.18 Å². The molecule has 3 aromatic rings. The molecule has 1 aliphatic heterocycles. The summed E-state index contributed by atoms with van der Waals surface area (Å²) in [6, 6.07) is 11.6. The van der Waals surface area contributed by atoms with Gasteiger partial charge >= 0.3 is 0 Å². The van der Waals surface area contributed by atoms with Crippen LogP contribution in [0.3, 0.4) is 0 Å². The average Bonchev–Trinajstić information content (AvgIpc) is 3.32. The minimum atomic E-state index is -0.522. The summed E-state index contributed by atoms with van der Waals surface area (Å²) in [5.74, 6) is 0.783. The van der Waals surface area contributed by atoms with E-state index in [-0.39, 0.29) is 23.3 Å². The van der Waals surface area contributed by atoms with Crippen LogP contribution in [0.15, 0.2) is 47.0 Å². The predicted octanol–water partition coefficient (Wildman–Crippen LogP) is 4.45. The lowest BCUT2D eigenvalue weighted by molar-refractivity contribution is -0.117. The van der Waals surface area contributed by atoms with E-state index in [4.69, 9.17) is 20.9 Å². The zero-order valence-electron chi connectivity index (χ0n) is 15.1. The topological polar surface area (TPSA) is 68.5 Å². The summed E-state index contributed by atoms with van der Waals surface area (Å²) in [7, 11) is 0. The minimum absolute atomic E-state index is 0.0221. The van der Waals surface area contributed by atoms with Gasteiger partial charge in [-0.15, -0.1) is 0 Å². The summed E-state index contributed by atoms with van der Waals surface area (Å²) in [6.45, 7) is 2.89. The van der Waals surface area contributed by atoms with Crippen molar-refractivity contribution < 1.29 is 18.4 Å². The Labute approximate surface area is 165 Å². The standard InChI is InChI=1S/C20H17ClFN3O3/c1-2-27-15-6-3-12(4-7-15)20-23-19(24-28-20)13-9-18(26)25(11-13)14-5-8-17(22)16(21)10-14/h3-8,10,13H,2,9,11H2,1H3/t13-/m0/s1. The number of aromatic nitrogens is 2. The van der Waals surface area contributed by atoms with Crippen LogP contribution in [0.25, 0.3) is 11.5 Å². The Morgan fingerprint density at radius 1 is 1.29 bits per heavy atom. The van der Waals surface area contributed by atoms with Gasteiger partial charge in [0.25, 0.3) is 5.89 Å². The van der Waals surface area contributed by atoms with Crippen molar-refractivity contribution >= 4 is 23.2 Å². The largest absolute Gasteiger partial charge is 0.494 e. The Balaban J connectivity index is 1.51. The number of hydrogen-bond donors (Lipinski definition) is 0. The molecule has 1 amide bonds. The van der Waals surface area contributed by atoms with Gasteiger partial charge in [0, 0.05) is 30.1 Å². The van der Waals surface area contributed by atoms with Crippen LogP contribution < -0.4 is 9.64 Å². The molecule has 1 saturated heterocycles. The summed E-state index contributed by atoms with van der Waals surface area (Å²) in [6.07, 6.45) is 0.247. The summed E-state index contributed by atoms with van der Waals surface area (Å²) in [5, 5.41) is 4.02. The Hall–Kier alpha value is -2.93. The SMILES string of the molecule is CCOc1ccc(-c2nc([C@H]3CC(=O)N(c4ccc(F)c(Cl)c4)C3)no2)cc1. The van der Waals surface area contributed by atoms with Crippen molar-refractivity contribution in [3.8, 4) is 17.2 Å². The van der Waals surface area contributed by atoms with E-state index < -0.39 is 5.82 Å². The molecule has 0 N–H and O–H groups in total. The van der Waals surface area contributed by atoms with Crippen molar-refractivity contribution in [1.82, 2.24) is 10.1 Å². The van der Waals surface area contributed by atoms with Crippen LogP contribution in [-0.2, 0) is 4.79 Å². The van der Waals surface area contributed by atoms with Gasteiger partial charge in [-0.25, -0.2) is 4.39 Å². The fourth-order valence-electron chi connectivity index (χ4n) is 3.16.